The van der Waals surface area contributed by atoms with Gasteiger partial charge in [-0.05, 0) is 24.1 Å². The highest BCUT2D eigenvalue weighted by atomic mass is 32.1. The predicted octanol–water partition coefficient (Wildman–Crippen LogP) is 4.06. The SMILES string of the molecule is COCCN(C)c1cnc(N)c(-c2cccc(-c3ncc(C(C)C)s3)n2)c1. The molecule has 0 amide bonds. The number of rotatable bonds is 7. The summed E-state index contributed by atoms with van der Waals surface area (Å²) in [4.78, 5) is 17.0. The molecule has 0 fully saturated rings. The summed E-state index contributed by atoms with van der Waals surface area (Å²) in [5, 5.41) is 0.917. The van der Waals surface area contributed by atoms with Crippen LogP contribution in [0.4, 0.5) is 11.5 Å². The number of anilines is 2. The fourth-order valence-electron chi connectivity index (χ4n) is 2.61. The second kappa shape index (κ2) is 8.45. The van der Waals surface area contributed by atoms with Crippen molar-refractivity contribution in [1.82, 2.24) is 15.0 Å². The number of nitrogen functional groups attached to an aromatic ring is 1. The zero-order valence-electron chi connectivity index (χ0n) is 16.1. The summed E-state index contributed by atoms with van der Waals surface area (Å²) < 4.78 is 5.15. The van der Waals surface area contributed by atoms with E-state index in [9.17, 15) is 0 Å². The third-order valence-electron chi connectivity index (χ3n) is 4.31. The molecular formula is C20H25N5OS. The molecule has 0 saturated heterocycles. The Bertz CT molecular complexity index is 909. The average molecular weight is 384 g/mol. The molecule has 0 bridgehead atoms. The van der Waals surface area contributed by atoms with Crippen LogP contribution in [0, 0.1) is 0 Å². The lowest BCUT2D eigenvalue weighted by Crippen LogP contribution is -2.22. The number of thiazole rings is 1. The van der Waals surface area contributed by atoms with Crippen molar-refractivity contribution in [3.8, 4) is 22.0 Å². The van der Waals surface area contributed by atoms with Gasteiger partial charge < -0.3 is 15.4 Å². The van der Waals surface area contributed by atoms with Crippen LogP contribution in [-0.2, 0) is 4.74 Å². The number of ether oxygens (including phenoxy) is 1. The third-order valence-corrected chi connectivity index (χ3v) is 5.63. The highest BCUT2D eigenvalue weighted by molar-refractivity contribution is 7.15. The quantitative estimate of drug-likeness (QED) is 0.663. The lowest BCUT2D eigenvalue weighted by Gasteiger charge is -2.19. The minimum Gasteiger partial charge on any atom is -0.383 e. The molecule has 0 spiro atoms. The van der Waals surface area contributed by atoms with Gasteiger partial charge in [0.05, 0.1) is 29.9 Å². The van der Waals surface area contributed by atoms with E-state index in [4.69, 9.17) is 15.5 Å². The number of pyridine rings is 2. The maximum atomic E-state index is 6.15. The minimum atomic E-state index is 0.457. The summed E-state index contributed by atoms with van der Waals surface area (Å²) in [6.07, 6.45) is 3.70. The van der Waals surface area contributed by atoms with E-state index >= 15 is 0 Å². The van der Waals surface area contributed by atoms with Crippen LogP contribution >= 0.6 is 11.3 Å². The average Bonchev–Trinajstić information content (AvgIpc) is 3.17. The summed E-state index contributed by atoms with van der Waals surface area (Å²) in [7, 11) is 3.70. The van der Waals surface area contributed by atoms with Crippen molar-refractivity contribution in [1.29, 1.82) is 0 Å². The highest BCUT2D eigenvalue weighted by Crippen LogP contribution is 2.31. The molecular weight excluding hydrogens is 358 g/mol. The van der Waals surface area contributed by atoms with Gasteiger partial charge in [0.25, 0.3) is 0 Å². The Morgan fingerprint density at radius 1 is 1.19 bits per heavy atom. The number of hydrogen-bond donors (Lipinski definition) is 1. The van der Waals surface area contributed by atoms with Crippen LogP contribution in [-0.4, -0.2) is 42.3 Å². The van der Waals surface area contributed by atoms with Crippen molar-refractivity contribution in [2.45, 2.75) is 19.8 Å². The Morgan fingerprint density at radius 3 is 2.67 bits per heavy atom. The van der Waals surface area contributed by atoms with Gasteiger partial charge in [0.1, 0.15) is 10.8 Å². The van der Waals surface area contributed by atoms with E-state index in [1.165, 1.54) is 4.88 Å². The smallest absolute Gasteiger partial charge is 0.142 e. The maximum absolute atomic E-state index is 6.15. The summed E-state index contributed by atoms with van der Waals surface area (Å²) in [5.74, 6) is 0.921. The Balaban J connectivity index is 1.94. The lowest BCUT2D eigenvalue weighted by molar-refractivity contribution is 0.206. The molecule has 3 rings (SSSR count). The molecule has 3 heterocycles. The second-order valence-corrected chi connectivity index (χ2v) is 7.73. The standard InChI is InChI=1S/C20H25N5OS/c1-13(2)18-12-23-20(27-18)17-7-5-6-16(24-17)15-10-14(11-22-19(15)21)25(3)8-9-26-4/h5-7,10-13H,8-9H2,1-4H3,(H2,21,22). The van der Waals surface area contributed by atoms with E-state index in [2.05, 4.69) is 28.7 Å². The first-order valence-electron chi connectivity index (χ1n) is 8.88. The molecule has 3 aromatic rings. The van der Waals surface area contributed by atoms with Gasteiger partial charge in [0.2, 0.25) is 0 Å². The molecule has 6 nitrogen and oxygen atoms in total. The maximum Gasteiger partial charge on any atom is 0.142 e. The number of nitrogens with zero attached hydrogens (tertiary/aromatic N) is 4. The number of aromatic nitrogens is 3. The molecule has 0 saturated carbocycles. The first kappa shape index (κ1) is 19.3. The Morgan fingerprint density at radius 2 is 1.96 bits per heavy atom. The molecule has 3 aromatic heterocycles. The minimum absolute atomic E-state index is 0.457. The van der Waals surface area contributed by atoms with Crippen LogP contribution in [0.3, 0.4) is 0 Å². The van der Waals surface area contributed by atoms with Crippen molar-refractivity contribution in [2.24, 2.45) is 0 Å². The van der Waals surface area contributed by atoms with Gasteiger partial charge in [0.15, 0.2) is 0 Å². The van der Waals surface area contributed by atoms with Gasteiger partial charge in [-0.3, -0.25) is 0 Å². The molecule has 0 aromatic carbocycles. The van der Waals surface area contributed by atoms with Crippen LogP contribution in [0.25, 0.3) is 22.0 Å². The number of hydrogen-bond acceptors (Lipinski definition) is 7. The van der Waals surface area contributed by atoms with Gasteiger partial charge >= 0.3 is 0 Å². The summed E-state index contributed by atoms with van der Waals surface area (Å²) in [5.41, 5.74) is 9.58. The van der Waals surface area contributed by atoms with E-state index < -0.39 is 0 Å². The molecule has 27 heavy (non-hydrogen) atoms. The Labute approximate surface area is 164 Å². The second-order valence-electron chi connectivity index (χ2n) is 6.67. The lowest BCUT2D eigenvalue weighted by atomic mass is 10.1. The van der Waals surface area contributed by atoms with Crippen molar-refractivity contribution < 1.29 is 4.74 Å². The fraction of sp³-hybridized carbons (Fsp3) is 0.350. The van der Waals surface area contributed by atoms with Gasteiger partial charge in [-0.1, -0.05) is 19.9 Å². The molecule has 0 aliphatic heterocycles. The first-order chi connectivity index (χ1) is 13.0. The van der Waals surface area contributed by atoms with Gasteiger partial charge in [0, 0.05) is 37.3 Å². The van der Waals surface area contributed by atoms with Crippen LogP contribution in [0.5, 0.6) is 0 Å². The number of nitrogens with two attached hydrogens (primary N) is 1. The summed E-state index contributed by atoms with van der Waals surface area (Å²) in [6.45, 7) is 5.75. The molecule has 142 valence electrons. The number of likely N-dealkylation sites (N-methyl/N-ethyl adjacent to an activating group) is 1. The van der Waals surface area contributed by atoms with Crippen LogP contribution < -0.4 is 10.6 Å². The van der Waals surface area contributed by atoms with Gasteiger partial charge in [-0.15, -0.1) is 11.3 Å². The molecule has 0 aliphatic carbocycles. The number of methoxy groups -OCH3 is 1. The topological polar surface area (TPSA) is 77.2 Å². The van der Waals surface area contributed by atoms with E-state index in [1.54, 1.807) is 24.6 Å². The van der Waals surface area contributed by atoms with E-state index in [1.807, 2.05) is 37.5 Å². The third kappa shape index (κ3) is 4.43. The van der Waals surface area contributed by atoms with Gasteiger partial charge in [-0.25, -0.2) is 15.0 Å². The Kier molecular flexibility index (Phi) is 6.03. The normalized spacial score (nSPS) is 11.1. The zero-order chi connectivity index (χ0) is 19.4. The molecule has 0 aliphatic rings. The molecule has 0 unspecified atom stereocenters. The van der Waals surface area contributed by atoms with E-state index in [0.717, 1.165) is 34.2 Å². The van der Waals surface area contributed by atoms with Crippen molar-refractivity contribution >= 4 is 22.8 Å². The molecule has 7 heteroatoms. The fourth-order valence-corrected chi connectivity index (χ4v) is 3.50. The van der Waals surface area contributed by atoms with E-state index in [-0.39, 0.29) is 0 Å². The molecule has 0 atom stereocenters. The molecule has 2 N–H and O–H groups in total. The summed E-state index contributed by atoms with van der Waals surface area (Å²) >= 11 is 1.68. The van der Waals surface area contributed by atoms with Crippen LogP contribution in [0.1, 0.15) is 24.6 Å². The van der Waals surface area contributed by atoms with Gasteiger partial charge in [-0.2, -0.15) is 0 Å². The van der Waals surface area contributed by atoms with E-state index in [0.29, 0.717) is 18.3 Å². The zero-order valence-corrected chi connectivity index (χ0v) is 17.0. The first-order valence-corrected chi connectivity index (χ1v) is 9.70. The monoisotopic (exact) mass is 383 g/mol. The predicted molar refractivity (Wildman–Crippen MR) is 112 cm³/mol. The van der Waals surface area contributed by atoms with Crippen molar-refractivity contribution in [3.05, 3.63) is 41.5 Å². The highest BCUT2D eigenvalue weighted by Gasteiger charge is 2.13. The summed E-state index contributed by atoms with van der Waals surface area (Å²) in [6, 6.07) is 7.93. The van der Waals surface area contributed by atoms with Crippen molar-refractivity contribution in [3.63, 3.8) is 0 Å². The largest absolute Gasteiger partial charge is 0.383 e. The Hall–Kier alpha value is -2.51. The van der Waals surface area contributed by atoms with Crippen molar-refractivity contribution in [2.75, 3.05) is 37.9 Å². The van der Waals surface area contributed by atoms with Crippen LogP contribution in [0.15, 0.2) is 36.7 Å². The molecule has 0 radical (unpaired) electrons. The van der Waals surface area contributed by atoms with Crippen LogP contribution in [0.2, 0.25) is 0 Å².